The Morgan fingerprint density at radius 3 is 2.29 bits per heavy atom. The van der Waals surface area contributed by atoms with Crippen LogP contribution in [0.3, 0.4) is 0 Å². The molecular formula is C40H49Cl2N3O6. The summed E-state index contributed by atoms with van der Waals surface area (Å²) in [5, 5.41) is 4.44. The highest BCUT2D eigenvalue weighted by Gasteiger charge is 2.42. The van der Waals surface area contributed by atoms with Crippen molar-refractivity contribution in [2.75, 3.05) is 46.6 Å². The molecule has 6 rings (SSSR count). The van der Waals surface area contributed by atoms with E-state index in [4.69, 9.17) is 47.9 Å². The van der Waals surface area contributed by atoms with Crippen LogP contribution in [-0.2, 0) is 27.3 Å². The highest BCUT2D eigenvalue weighted by molar-refractivity contribution is 6.37. The van der Waals surface area contributed by atoms with Gasteiger partial charge in [0.1, 0.15) is 24.7 Å². The summed E-state index contributed by atoms with van der Waals surface area (Å²) < 4.78 is 23.2. The first kappa shape index (κ1) is 37.3. The molecule has 3 aliphatic rings. The van der Waals surface area contributed by atoms with Crippen LogP contribution in [0.4, 0.5) is 0 Å². The van der Waals surface area contributed by atoms with Crippen LogP contribution in [-0.4, -0.2) is 69.4 Å². The molecule has 51 heavy (non-hydrogen) atoms. The van der Waals surface area contributed by atoms with Crippen molar-refractivity contribution in [2.45, 2.75) is 64.0 Å². The first-order valence-electron chi connectivity index (χ1n) is 18.1. The number of methoxy groups -OCH3 is 1. The summed E-state index contributed by atoms with van der Waals surface area (Å²) in [6, 6.07) is 18.3. The van der Waals surface area contributed by atoms with Crippen LogP contribution >= 0.6 is 23.2 Å². The molecule has 3 aromatic rings. The second kappa shape index (κ2) is 17.3. The van der Waals surface area contributed by atoms with Crippen molar-refractivity contribution in [1.82, 2.24) is 10.2 Å². The SMILES string of the molecule is COCCCc1cc(CN(C(=O)[C@H]2CNCC[C@@H]2c2ccc(OCCOc3c(Cl)cc(C)cc3Cl)cc2)C2CC2)cc(OC[C@@H]2C[C@H]2C(N)=O)c1. The summed E-state index contributed by atoms with van der Waals surface area (Å²) in [4.78, 5) is 28.1. The molecule has 0 aromatic heterocycles. The van der Waals surface area contributed by atoms with Crippen LogP contribution in [0.2, 0.25) is 10.0 Å². The summed E-state index contributed by atoms with van der Waals surface area (Å²) in [5.41, 5.74) is 9.80. The number of piperidine rings is 1. The van der Waals surface area contributed by atoms with Crippen molar-refractivity contribution in [2.24, 2.45) is 23.5 Å². The standard InChI is InChI=1S/C40H49Cl2N3O6/c1-25-16-36(41)38(37(42)17-25)50-15-14-49-31-9-5-28(6-10-31)33-11-12-44-22-35(33)40(47)45(30-7-8-30)23-27-18-26(4-3-13-48-2)19-32(20-27)51-24-29-21-34(29)39(43)46/h5-6,9-10,16-20,29-30,33-35,44H,3-4,7-8,11-15,21-24H2,1-2H3,(H2,43,46)/t29-,33+,34+,35-/m0/s1. The van der Waals surface area contributed by atoms with Gasteiger partial charge >= 0.3 is 0 Å². The molecule has 3 fully saturated rings. The fourth-order valence-corrected chi connectivity index (χ4v) is 7.80. The topological polar surface area (TPSA) is 112 Å². The Hall–Kier alpha value is -3.50. The number of nitrogens with one attached hydrogen (secondary N) is 1. The van der Waals surface area contributed by atoms with Crippen molar-refractivity contribution in [1.29, 1.82) is 0 Å². The Kier molecular flexibility index (Phi) is 12.7. The number of amides is 2. The fourth-order valence-electron chi connectivity index (χ4n) is 7.09. The molecule has 274 valence electrons. The zero-order valence-electron chi connectivity index (χ0n) is 29.5. The first-order valence-corrected chi connectivity index (χ1v) is 18.8. The number of hydrogen-bond donors (Lipinski definition) is 2. The van der Waals surface area contributed by atoms with E-state index in [0.717, 1.165) is 78.8 Å². The lowest BCUT2D eigenvalue weighted by Crippen LogP contribution is -2.47. The highest BCUT2D eigenvalue weighted by atomic mass is 35.5. The molecule has 1 saturated heterocycles. The highest BCUT2D eigenvalue weighted by Crippen LogP contribution is 2.40. The molecule has 0 spiro atoms. The predicted octanol–water partition coefficient (Wildman–Crippen LogP) is 6.72. The predicted molar refractivity (Wildman–Crippen MR) is 199 cm³/mol. The van der Waals surface area contributed by atoms with E-state index >= 15 is 0 Å². The van der Waals surface area contributed by atoms with Gasteiger partial charge in [-0.15, -0.1) is 0 Å². The van der Waals surface area contributed by atoms with Crippen LogP contribution in [0.1, 0.15) is 60.3 Å². The summed E-state index contributed by atoms with van der Waals surface area (Å²) in [7, 11) is 1.71. The maximum Gasteiger partial charge on any atom is 0.228 e. The van der Waals surface area contributed by atoms with Gasteiger partial charge in [-0.3, -0.25) is 9.59 Å². The van der Waals surface area contributed by atoms with E-state index in [1.165, 1.54) is 0 Å². The minimum atomic E-state index is -0.257. The molecular weight excluding hydrogens is 689 g/mol. The lowest BCUT2D eigenvalue weighted by atomic mass is 9.80. The quantitative estimate of drug-likeness (QED) is 0.139. The summed E-state index contributed by atoms with van der Waals surface area (Å²) in [5.74, 6) is 1.89. The molecule has 11 heteroatoms. The maximum atomic E-state index is 14.4. The molecule has 3 aromatic carbocycles. The van der Waals surface area contributed by atoms with E-state index in [1.807, 2.05) is 31.2 Å². The molecule has 3 N–H and O–H groups in total. The number of halogens is 2. The molecule has 2 amide bonds. The molecule has 0 bridgehead atoms. The van der Waals surface area contributed by atoms with Gasteiger partial charge in [0.15, 0.2) is 5.75 Å². The molecule has 1 aliphatic heterocycles. The number of hydrogen-bond acceptors (Lipinski definition) is 7. The summed E-state index contributed by atoms with van der Waals surface area (Å²) >= 11 is 12.6. The van der Waals surface area contributed by atoms with E-state index < -0.39 is 0 Å². The second-order valence-corrected chi connectivity index (χ2v) is 14.9. The van der Waals surface area contributed by atoms with Crippen LogP contribution in [0.15, 0.2) is 54.6 Å². The number of carbonyl (C=O) groups excluding carboxylic acids is 2. The van der Waals surface area contributed by atoms with Gasteiger partial charge in [-0.25, -0.2) is 0 Å². The van der Waals surface area contributed by atoms with Gasteiger partial charge in [0.2, 0.25) is 11.8 Å². The normalized spacial score (nSPS) is 21.2. The van der Waals surface area contributed by atoms with Gasteiger partial charge in [-0.1, -0.05) is 41.4 Å². The summed E-state index contributed by atoms with van der Waals surface area (Å²) in [6.45, 7) is 5.72. The number of aryl methyl sites for hydroxylation is 2. The fraction of sp³-hybridized carbons (Fsp3) is 0.500. The molecule has 4 atom stereocenters. The average molecular weight is 739 g/mol. The van der Waals surface area contributed by atoms with Gasteiger partial charge in [0.05, 0.1) is 22.6 Å². The smallest absolute Gasteiger partial charge is 0.228 e. The first-order chi connectivity index (χ1) is 24.7. The van der Waals surface area contributed by atoms with Crippen molar-refractivity contribution in [3.63, 3.8) is 0 Å². The Bertz CT molecular complexity index is 1640. The lowest BCUT2D eigenvalue weighted by molar-refractivity contribution is -0.138. The van der Waals surface area contributed by atoms with Gasteiger partial charge in [0.25, 0.3) is 0 Å². The lowest BCUT2D eigenvalue weighted by Gasteiger charge is -2.36. The number of nitrogens with zero attached hydrogens (tertiary/aromatic N) is 1. The van der Waals surface area contributed by atoms with E-state index in [-0.39, 0.29) is 41.5 Å². The third-order valence-electron chi connectivity index (χ3n) is 10.1. The largest absolute Gasteiger partial charge is 0.493 e. The number of benzene rings is 3. The van der Waals surface area contributed by atoms with E-state index in [9.17, 15) is 9.59 Å². The van der Waals surface area contributed by atoms with Crippen molar-refractivity contribution < 1.29 is 28.5 Å². The Morgan fingerprint density at radius 2 is 1.61 bits per heavy atom. The van der Waals surface area contributed by atoms with Crippen molar-refractivity contribution in [3.8, 4) is 17.2 Å². The van der Waals surface area contributed by atoms with Crippen LogP contribution in [0.5, 0.6) is 17.2 Å². The zero-order chi connectivity index (χ0) is 35.9. The van der Waals surface area contributed by atoms with E-state index in [1.54, 1.807) is 7.11 Å². The monoisotopic (exact) mass is 737 g/mol. The molecule has 2 aliphatic carbocycles. The van der Waals surface area contributed by atoms with Crippen LogP contribution in [0, 0.1) is 24.7 Å². The van der Waals surface area contributed by atoms with Gasteiger partial charge in [-0.2, -0.15) is 0 Å². The number of nitrogens with two attached hydrogens (primary N) is 1. The minimum absolute atomic E-state index is 0.0951. The molecule has 1 heterocycles. The van der Waals surface area contributed by atoms with Crippen molar-refractivity contribution >= 4 is 35.0 Å². The van der Waals surface area contributed by atoms with E-state index in [2.05, 4.69) is 40.5 Å². The molecule has 0 unspecified atom stereocenters. The Labute approximate surface area is 311 Å². The number of carbonyl (C=O) groups is 2. The zero-order valence-corrected chi connectivity index (χ0v) is 31.0. The third kappa shape index (κ3) is 10.1. The molecule has 0 radical (unpaired) electrons. The Balaban J connectivity index is 1.09. The second-order valence-electron chi connectivity index (χ2n) is 14.1. The molecule has 9 nitrogen and oxygen atoms in total. The number of primary amides is 1. The average Bonchev–Trinajstić information content (AvgIpc) is 4.05. The van der Waals surface area contributed by atoms with Gasteiger partial charge in [0, 0.05) is 44.7 Å². The minimum Gasteiger partial charge on any atom is -0.493 e. The summed E-state index contributed by atoms with van der Waals surface area (Å²) in [6.07, 6.45) is 5.42. The van der Waals surface area contributed by atoms with Crippen molar-refractivity contribution in [3.05, 3.63) is 86.9 Å². The third-order valence-corrected chi connectivity index (χ3v) is 10.6. The number of rotatable bonds is 18. The molecule has 2 saturated carbocycles. The van der Waals surface area contributed by atoms with Gasteiger partial charge < -0.3 is 34.9 Å². The Morgan fingerprint density at radius 1 is 0.882 bits per heavy atom. The van der Waals surface area contributed by atoms with Gasteiger partial charge in [-0.05, 0) is 117 Å². The van der Waals surface area contributed by atoms with Crippen LogP contribution in [0.25, 0.3) is 0 Å². The van der Waals surface area contributed by atoms with E-state index in [0.29, 0.717) is 55.3 Å². The van der Waals surface area contributed by atoms with Crippen LogP contribution < -0.4 is 25.3 Å². The number of ether oxygens (including phenoxy) is 4. The maximum absolute atomic E-state index is 14.4.